The van der Waals surface area contributed by atoms with Gasteiger partial charge in [0.25, 0.3) is 0 Å². The van der Waals surface area contributed by atoms with Gasteiger partial charge >= 0.3 is 0 Å². The number of nitrogens with zero attached hydrogens (tertiary/aromatic N) is 2. The monoisotopic (exact) mass is 382 g/mol. The van der Waals surface area contributed by atoms with Gasteiger partial charge in [0.05, 0.1) is 0 Å². The lowest BCUT2D eigenvalue weighted by Gasteiger charge is -2.35. The first-order valence-corrected chi connectivity index (χ1v) is 7.27. The average Bonchev–Trinajstić information content (AvgIpc) is 2.34. The average molecular weight is 382 g/mol. The predicted molar refractivity (Wildman–Crippen MR) is 94.2 cm³/mol. The van der Waals surface area contributed by atoms with Crippen LogP contribution in [-0.4, -0.2) is 43.1 Å². The van der Waals surface area contributed by atoms with Gasteiger partial charge in [-0.2, -0.15) is 0 Å². The lowest BCUT2D eigenvalue weighted by atomic mass is 9.98. The van der Waals surface area contributed by atoms with Crippen LogP contribution < -0.4 is 11.1 Å². The maximum Gasteiger partial charge on any atom is 0.188 e. The van der Waals surface area contributed by atoms with Crippen LogP contribution in [-0.2, 0) is 0 Å². The smallest absolute Gasteiger partial charge is 0.188 e. The standard InChI is InChI=1S/C14H30N4.HI/c1-11(2)9-16-14(15)17-10-13(4)18-7-5-12(3)6-8-18;/h11-13H,5-10H2,1-4H3,(H3,15,16,17);1H. The fourth-order valence-electron chi connectivity index (χ4n) is 2.19. The van der Waals surface area contributed by atoms with Crippen LogP contribution >= 0.6 is 24.0 Å². The van der Waals surface area contributed by atoms with Crippen molar-refractivity contribution in [2.24, 2.45) is 22.6 Å². The maximum atomic E-state index is 5.84. The van der Waals surface area contributed by atoms with Gasteiger partial charge in [0.2, 0.25) is 0 Å². The highest BCUT2D eigenvalue weighted by Gasteiger charge is 2.19. The third-order valence-corrected chi connectivity index (χ3v) is 3.65. The molecule has 0 bridgehead atoms. The number of nitrogens with two attached hydrogens (primary N) is 1. The highest BCUT2D eigenvalue weighted by molar-refractivity contribution is 14.0. The molecule has 3 N–H and O–H groups in total. The molecule has 1 aliphatic heterocycles. The summed E-state index contributed by atoms with van der Waals surface area (Å²) < 4.78 is 0. The molecule has 0 radical (unpaired) electrons. The summed E-state index contributed by atoms with van der Waals surface area (Å²) in [6.45, 7) is 13.0. The molecule has 4 nitrogen and oxygen atoms in total. The second-order valence-corrected chi connectivity index (χ2v) is 6.07. The summed E-state index contributed by atoms with van der Waals surface area (Å²) >= 11 is 0. The SMILES string of the molecule is CC(C)CN=C(N)NCC(C)N1CCC(C)CC1.I. The van der Waals surface area contributed by atoms with E-state index >= 15 is 0 Å². The number of hydrogen-bond donors (Lipinski definition) is 2. The van der Waals surface area contributed by atoms with Crippen molar-refractivity contribution in [1.82, 2.24) is 10.2 Å². The van der Waals surface area contributed by atoms with Gasteiger partial charge in [-0.15, -0.1) is 24.0 Å². The molecule has 0 aromatic heterocycles. The first kappa shape index (κ1) is 19.0. The molecule has 0 aromatic carbocycles. The van der Waals surface area contributed by atoms with E-state index < -0.39 is 0 Å². The van der Waals surface area contributed by atoms with Gasteiger partial charge in [0.15, 0.2) is 5.96 Å². The normalized spacial score (nSPS) is 20.2. The molecule has 1 atom stereocenters. The molecule has 0 aliphatic carbocycles. The van der Waals surface area contributed by atoms with Crippen molar-refractivity contribution < 1.29 is 0 Å². The Labute approximate surface area is 135 Å². The minimum Gasteiger partial charge on any atom is -0.370 e. The first-order valence-electron chi connectivity index (χ1n) is 7.27. The van der Waals surface area contributed by atoms with E-state index in [1.54, 1.807) is 0 Å². The predicted octanol–water partition coefficient (Wildman–Crippen LogP) is 2.29. The van der Waals surface area contributed by atoms with Crippen molar-refractivity contribution in [2.45, 2.75) is 46.6 Å². The molecule has 0 spiro atoms. The minimum atomic E-state index is 0. The molecular formula is C14H31IN4. The van der Waals surface area contributed by atoms with Crippen molar-refractivity contribution in [3.8, 4) is 0 Å². The van der Waals surface area contributed by atoms with Crippen molar-refractivity contribution in [3.63, 3.8) is 0 Å². The third kappa shape index (κ3) is 7.97. The topological polar surface area (TPSA) is 53.6 Å². The highest BCUT2D eigenvalue weighted by atomic mass is 127. The second-order valence-electron chi connectivity index (χ2n) is 6.07. The zero-order valence-electron chi connectivity index (χ0n) is 12.9. The molecule has 1 aliphatic rings. The number of piperidine rings is 1. The van der Waals surface area contributed by atoms with Crippen molar-refractivity contribution >= 4 is 29.9 Å². The van der Waals surface area contributed by atoms with E-state index in [4.69, 9.17) is 5.73 Å². The Balaban J connectivity index is 0.00000324. The molecule has 114 valence electrons. The number of hydrogen-bond acceptors (Lipinski definition) is 2. The Hall–Kier alpha value is -0.0400. The summed E-state index contributed by atoms with van der Waals surface area (Å²) in [7, 11) is 0. The molecule has 19 heavy (non-hydrogen) atoms. The van der Waals surface area contributed by atoms with Gasteiger partial charge in [0, 0.05) is 19.1 Å². The van der Waals surface area contributed by atoms with Crippen LogP contribution in [0.5, 0.6) is 0 Å². The van der Waals surface area contributed by atoms with Gasteiger partial charge in [-0.05, 0) is 44.7 Å². The summed E-state index contributed by atoms with van der Waals surface area (Å²) in [5, 5.41) is 3.23. The number of guanidine groups is 1. The van der Waals surface area contributed by atoms with Crippen LogP contribution in [0, 0.1) is 11.8 Å². The fourth-order valence-corrected chi connectivity index (χ4v) is 2.19. The number of likely N-dealkylation sites (tertiary alicyclic amines) is 1. The van der Waals surface area contributed by atoms with Gasteiger partial charge in [0.1, 0.15) is 0 Å². The summed E-state index contributed by atoms with van der Waals surface area (Å²) in [6, 6.07) is 0.533. The summed E-state index contributed by atoms with van der Waals surface area (Å²) in [5.41, 5.74) is 5.84. The Morgan fingerprint density at radius 2 is 1.89 bits per heavy atom. The Kier molecular flexibility index (Phi) is 9.78. The number of halogens is 1. The molecule has 0 saturated carbocycles. The third-order valence-electron chi connectivity index (χ3n) is 3.65. The maximum absolute atomic E-state index is 5.84. The summed E-state index contributed by atoms with van der Waals surface area (Å²) in [6.07, 6.45) is 2.64. The van der Waals surface area contributed by atoms with E-state index in [-0.39, 0.29) is 24.0 Å². The van der Waals surface area contributed by atoms with Crippen LogP contribution in [0.2, 0.25) is 0 Å². The van der Waals surface area contributed by atoms with Crippen molar-refractivity contribution in [3.05, 3.63) is 0 Å². The van der Waals surface area contributed by atoms with E-state index in [9.17, 15) is 0 Å². The second kappa shape index (κ2) is 9.80. The molecule has 5 heteroatoms. The van der Waals surface area contributed by atoms with Crippen LogP contribution in [0.25, 0.3) is 0 Å². The molecule has 1 unspecified atom stereocenters. The zero-order valence-corrected chi connectivity index (χ0v) is 15.2. The van der Waals surface area contributed by atoms with Crippen LogP contribution in [0.4, 0.5) is 0 Å². The largest absolute Gasteiger partial charge is 0.370 e. The molecule has 1 saturated heterocycles. The van der Waals surface area contributed by atoms with Gasteiger partial charge < -0.3 is 11.1 Å². The zero-order chi connectivity index (χ0) is 13.5. The van der Waals surface area contributed by atoms with E-state index in [0.717, 1.165) is 19.0 Å². The molecule has 1 rings (SSSR count). The quantitative estimate of drug-likeness (QED) is 0.436. The highest BCUT2D eigenvalue weighted by Crippen LogP contribution is 2.17. The Morgan fingerprint density at radius 1 is 1.32 bits per heavy atom. The number of nitrogens with one attached hydrogen (secondary N) is 1. The minimum absolute atomic E-state index is 0. The Morgan fingerprint density at radius 3 is 2.42 bits per heavy atom. The van der Waals surface area contributed by atoms with E-state index in [1.807, 2.05) is 0 Å². The summed E-state index contributed by atoms with van der Waals surface area (Å²) in [4.78, 5) is 6.86. The number of aliphatic imine (C=N–C) groups is 1. The van der Waals surface area contributed by atoms with Gasteiger partial charge in [-0.1, -0.05) is 20.8 Å². The fraction of sp³-hybridized carbons (Fsp3) is 0.929. The molecule has 0 amide bonds. The van der Waals surface area contributed by atoms with Crippen LogP contribution in [0.15, 0.2) is 4.99 Å². The lowest BCUT2D eigenvalue weighted by Crippen LogP contribution is -2.47. The lowest BCUT2D eigenvalue weighted by molar-refractivity contribution is 0.147. The molecule has 0 aromatic rings. The van der Waals surface area contributed by atoms with Crippen LogP contribution in [0.1, 0.15) is 40.5 Å². The number of rotatable bonds is 5. The molecule has 1 heterocycles. The van der Waals surface area contributed by atoms with Crippen LogP contribution in [0.3, 0.4) is 0 Å². The molecule has 1 fully saturated rings. The van der Waals surface area contributed by atoms with E-state index in [0.29, 0.717) is 17.9 Å². The van der Waals surface area contributed by atoms with E-state index in [1.165, 1.54) is 25.9 Å². The van der Waals surface area contributed by atoms with E-state index in [2.05, 4.69) is 42.9 Å². The Bertz CT molecular complexity index is 260. The van der Waals surface area contributed by atoms with Crippen molar-refractivity contribution in [2.75, 3.05) is 26.2 Å². The van der Waals surface area contributed by atoms with Gasteiger partial charge in [-0.3, -0.25) is 9.89 Å². The first-order chi connectivity index (χ1) is 8.49. The summed E-state index contributed by atoms with van der Waals surface area (Å²) in [5.74, 6) is 2.03. The molecular weight excluding hydrogens is 351 g/mol. The van der Waals surface area contributed by atoms with Gasteiger partial charge in [-0.25, -0.2) is 0 Å². The van der Waals surface area contributed by atoms with Crippen molar-refractivity contribution in [1.29, 1.82) is 0 Å².